The molecule has 0 spiro atoms. The van der Waals surface area contributed by atoms with Crippen molar-refractivity contribution >= 4 is 33.1 Å². The predicted octanol–water partition coefficient (Wildman–Crippen LogP) is 3.21. The summed E-state index contributed by atoms with van der Waals surface area (Å²) in [4.78, 5) is 18.6. The van der Waals surface area contributed by atoms with Gasteiger partial charge in [-0.3, -0.25) is 9.48 Å². The monoisotopic (exact) mass is 300 g/mol. The second-order valence-electron chi connectivity index (χ2n) is 5.17. The molecule has 5 nitrogen and oxygen atoms in total. The number of rotatable bonds is 2. The minimum Gasteiger partial charge on any atom is -0.319 e. The lowest BCUT2D eigenvalue weighted by atomic mass is 10.1. The van der Waals surface area contributed by atoms with Crippen LogP contribution >= 0.6 is 11.3 Å². The Balaban J connectivity index is 2.02. The summed E-state index contributed by atoms with van der Waals surface area (Å²) in [5.41, 5.74) is 3.81. The number of hydrogen-bond donors (Lipinski definition) is 1. The maximum absolute atomic E-state index is 12.4. The van der Waals surface area contributed by atoms with Crippen molar-refractivity contribution in [3.63, 3.8) is 0 Å². The molecule has 6 heteroatoms. The zero-order chi connectivity index (χ0) is 15.1. The highest BCUT2D eigenvalue weighted by Crippen LogP contribution is 2.32. The van der Waals surface area contributed by atoms with Gasteiger partial charge in [-0.1, -0.05) is 0 Å². The van der Waals surface area contributed by atoms with Crippen molar-refractivity contribution in [2.75, 3.05) is 5.32 Å². The van der Waals surface area contributed by atoms with E-state index in [2.05, 4.69) is 22.3 Å². The zero-order valence-electron chi connectivity index (χ0n) is 12.4. The minimum atomic E-state index is -0.111. The first-order valence-electron chi connectivity index (χ1n) is 6.63. The van der Waals surface area contributed by atoms with Crippen LogP contribution in [0.15, 0.2) is 18.5 Å². The summed E-state index contributed by atoms with van der Waals surface area (Å²) in [7, 11) is 1.82. The number of carbonyl (C=O) groups is 1. The first-order chi connectivity index (χ1) is 9.95. The predicted molar refractivity (Wildman–Crippen MR) is 85.0 cm³/mol. The molecule has 0 atom stereocenters. The molecular formula is C15H16N4OS. The molecule has 108 valence electrons. The number of pyridine rings is 1. The van der Waals surface area contributed by atoms with E-state index in [1.807, 2.05) is 27.0 Å². The zero-order valence-corrected chi connectivity index (χ0v) is 13.2. The van der Waals surface area contributed by atoms with Gasteiger partial charge in [-0.2, -0.15) is 5.10 Å². The number of hydrogen-bond acceptors (Lipinski definition) is 4. The van der Waals surface area contributed by atoms with Crippen LogP contribution in [0.25, 0.3) is 10.2 Å². The Kier molecular flexibility index (Phi) is 3.25. The van der Waals surface area contributed by atoms with Gasteiger partial charge in [-0.25, -0.2) is 4.98 Å². The average Bonchev–Trinajstić information content (AvgIpc) is 2.93. The van der Waals surface area contributed by atoms with Crippen molar-refractivity contribution in [2.24, 2.45) is 7.05 Å². The fraction of sp³-hybridized carbons (Fsp3) is 0.267. The topological polar surface area (TPSA) is 59.8 Å². The third kappa shape index (κ3) is 2.42. The summed E-state index contributed by atoms with van der Waals surface area (Å²) in [5, 5.41) is 8.01. The van der Waals surface area contributed by atoms with Crippen LogP contribution in [0.1, 0.15) is 26.5 Å². The largest absolute Gasteiger partial charge is 0.319 e. The number of thiophene rings is 1. The second-order valence-corrected chi connectivity index (χ2v) is 6.17. The summed E-state index contributed by atoms with van der Waals surface area (Å²) in [6.07, 6.45) is 3.41. The summed E-state index contributed by atoms with van der Waals surface area (Å²) in [6.45, 7) is 6.00. The van der Waals surface area contributed by atoms with E-state index in [0.29, 0.717) is 10.6 Å². The quantitative estimate of drug-likeness (QED) is 0.790. The number of fused-ring (bicyclic) bond motifs is 1. The van der Waals surface area contributed by atoms with Crippen LogP contribution in [0.5, 0.6) is 0 Å². The van der Waals surface area contributed by atoms with Crippen LogP contribution in [0.2, 0.25) is 0 Å². The Morgan fingerprint density at radius 2 is 2.10 bits per heavy atom. The number of nitrogens with one attached hydrogen (secondary N) is 1. The number of anilines is 1. The minimum absolute atomic E-state index is 0.111. The Hall–Kier alpha value is -2.21. The lowest BCUT2D eigenvalue weighted by Gasteiger charge is -2.01. The summed E-state index contributed by atoms with van der Waals surface area (Å²) < 4.78 is 1.66. The lowest BCUT2D eigenvalue weighted by Crippen LogP contribution is -2.10. The normalized spacial score (nSPS) is 11.0. The molecule has 1 amide bonds. The van der Waals surface area contributed by atoms with Crippen LogP contribution in [-0.4, -0.2) is 20.7 Å². The Labute approximate surface area is 126 Å². The molecule has 0 unspecified atom stereocenters. The highest BCUT2D eigenvalue weighted by atomic mass is 32.1. The van der Waals surface area contributed by atoms with E-state index in [9.17, 15) is 4.79 Å². The molecule has 3 rings (SSSR count). The number of aromatic nitrogens is 3. The number of aryl methyl sites for hydroxylation is 4. The number of carbonyl (C=O) groups excluding carboxylic acids is 1. The van der Waals surface area contributed by atoms with Gasteiger partial charge in [-0.15, -0.1) is 11.3 Å². The molecule has 3 aromatic heterocycles. The first kappa shape index (κ1) is 13.8. The van der Waals surface area contributed by atoms with Crippen molar-refractivity contribution in [2.45, 2.75) is 20.8 Å². The van der Waals surface area contributed by atoms with Crippen LogP contribution in [-0.2, 0) is 7.05 Å². The van der Waals surface area contributed by atoms with Crippen LogP contribution in [0, 0.1) is 20.8 Å². The Morgan fingerprint density at radius 3 is 2.76 bits per heavy atom. The Bertz CT molecular complexity index is 847. The fourth-order valence-corrected chi connectivity index (χ4v) is 3.71. The molecular weight excluding hydrogens is 284 g/mol. The van der Waals surface area contributed by atoms with Gasteiger partial charge in [0.15, 0.2) is 0 Å². The maximum atomic E-state index is 12.4. The van der Waals surface area contributed by atoms with E-state index >= 15 is 0 Å². The molecule has 1 N–H and O–H groups in total. The van der Waals surface area contributed by atoms with Gasteiger partial charge >= 0.3 is 0 Å². The van der Waals surface area contributed by atoms with Gasteiger partial charge in [0, 0.05) is 24.3 Å². The van der Waals surface area contributed by atoms with Crippen molar-refractivity contribution < 1.29 is 4.79 Å². The number of amides is 1. The molecule has 3 aromatic rings. The standard InChI is InChI=1S/C15H16N4OS/c1-8-5-9(2)17-15-12(8)10(3)13(21-15)14(20)18-11-6-16-19(4)7-11/h5-7H,1-4H3,(H,18,20). The Morgan fingerprint density at radius 1 is 1.33 bits per heavy atom. The van der Waals surface area contributed by atoms with Crippen LogP contribution < -0.4 is 5.32 Å². The fourth-order valence-electron chi connectivity index (χ4n) is 2.51. The molecule has 0 aliphatic carbocycles. The molecule has 0 bridgehead atoms. The average molecular weight is 300 g/mol. The summed E-state index contributed by atoms with van der Waals surface area (Å²) >= 11 is 1.44. The second kappa shape index (κ2) is 4.96. The SMILES string of the molecule is Cc1cc(C)c2c(C)c(C(=O)Nc3cnn(C)c3)sc2n1. The van der Waals surface area contributed by atoms with Gasteiger partial charge in [0.2, 0.25) is 0 Å². The molecule has 0 aliphatic heterocycles. The van der Waals surface area contributed by atoms with Crippen molar-refractivity contribution in [1.29, 1.82) is 0 Å². The lowest BCUT2D eigenvalue weighted by molar-refractivity contribution is 0.103. The van der Waals surface area contributed by atoms with Gasteiger partial charge in [0.05, 0.1) is 16.8 Å². The smallest absolute Gasteiger partial charge is 0.266 e. The van der Waals surface area contributed by atoms with Crippen molar-refractivity contribution in [3.05, 3.63) is 40.2 Å². The number of nitrogens with zero attached hydrogens (tertiary/aromatic N) is 3. The molecule has 0 radical (unpaired) electrons. The summed E-state index contributed by atoms with van der Waals surface area (Å²) in [6, 6.07) is 2.05. The third-order valence-corrected chi connectivity index (χ3v) is 4.58. The van der Waals surface area contributed by atoms with Gasteiger partial charge in [-0.05, 0) is 38.0 Å². The van der Waals surface area contributed by atoms with Gasteiger partial charge in [0.1, 0.15) is 4.83 Å². The summed E-state index contributed by atoms with van der Waals surface area (Å²) in [5.74, 6) is -0.111. The molecule has 0 fully saturated rings. The van der Waals surface area contributed by atoms with Crippen molar-refractivity contribution in [3.8, 4) is 0 Å². The van der Waals surface area contributed by atoms with Gasteiger partial charge in [0.25, 0.3) is 5.91 Å². The maximum Gasteiger partial charge on any atom is 0.266 e. The molecule has 0 aromatic carbocycles. The molecule has 21 heavy (non-hydrogen) atoms. The van der Waals surface area contributed by atoms with Crippen LogP contribution in [0.4, 0.5) is 5.69 Å². The molecule has 0 saturated carbocycles. The van der Waals surface area contributed by atoms with Crippen molar-refractivity contribution in [1.82, 2.24) is 14.8 Å². The highest BCUT2D eigenvalue weighted by molar-refractivity contribution is 7.20. The van der Waals surface area contributed by atoms with E-state index in [4.69, 9.17) is 0 Å². The van der Waals surface area contributed by atoms with E-state index in [0.717, 1.165) is 27.0 Å². The van der Waals surface area contributed by atoms with Crippen LogP contribution in [0.3, 0.4) is 0 Å². The third-order valence-electron chi connectivity index (χ3n) is 3.39. The van der Waals surface area contributed by atoms with Gasteiger partial charge < -0.3 is 5.32 Å². The first-order valence-corrected chi connectivity index (χ1v) is 7.44. The van der Waals surface area contributed by atoms with E-state index in [1.165, 1.54) is 11.3 Å². The molecule has 0 aliphatic rings. The molecule has 3 heterocycles. The van der Waals surface area contributed by atoms with E-state index < -0.39 is 0 Å². The van der Waals surface area contributed by atoms with E-state index in [-0.39, 0.29) is 5.91 Å². The molecule has 0 saturated heterocycles. The van der Waals surface area contributed by atoms with E-state index in [1.54, 1.807) is 17.1 Å². The highest BCUT2D eigenvalue weighted by Gasteiger charge is 2.18.